The molecule has 0 unspecified atom stereocenters. The number of carbonyl (C=O) groups excluding carboxylic acids is 1. The zero-order valence-electron chi connectivity index (χ0n) is 13.3. The zero-order chi connectivity index (χ0) is 17.7. The number of benzene rings is 1. The number of hydrogen-bond donors (Lipinski definition) is 2. The molecule has 1 aromatic carbocycles. The van der Waals surface area contributed by atoms with E-state index in [4.69, 9.17) is 4.74 Å². The lowest BCUT2D eigenvalue weighted by Gasteiger charge is -2.25. The third kappa shape index (κ3) is 6.77. The number of halogens is 3. The monoisotopic (exact) mass is 334 g/mol. The molecule has 8 heteroatoms. The molecule has 0 fully saturated rings. The molecule has 0 saturated carbocycles. The first-order chi connectivity index (χ1) is 10.5. The Morgan fingerprint density at radius 2 is 1.91 bits per heavy atom. The van der Waals surface area contributed by atoms with Crippen molar-refractivity contribution >= 4 is 6.03 Å². The lowest BCUT2D eigenvalue weighted by Crippen LogP contribution is -2.45. The van der Waals surface area contributed by atoms with Crippen LogP contribution in [0.1, 0.15) is 19.4 Å². The van der Waals surface area contributed by atoms with Gasteiger partial charge in [-0.1, -0.05) is 12.1 Å². The number of likely N-dealkylation sites (N-methyl/N-ethyl adjacent to an activating group) is 1. The van der Waals surface area contributed by atoms with Crippen LogP contribution in [0.3, 0.4) is 0 Å². The van der Waals surface area contributed by atoms with Gasteiger partial charge in [0.1, 0.15) is 12.4 Å². The fourth-order valence-electron chi connectivity index (χ4n) is 1.93. The molecule has 0 atom stereocenters. The van der Waals surface area contributed by atoms with Crippen molar-refractivity contribution in [3.63, 3.8) is 0 Å². The highest BCUT2D eigenvalue weighted by Crippen LogP contribution is 2.35. The Hall–Kier alpha value is -1.96. The number of para-hydroxylation sites is 1. The van der Waals surface area contributed by atoms with Crippen LogP contribution in [-0.2, 0) is 6.18 Å². The molecule has 1 aromatic rings. The van der Waals surface area contributed by atoms with Crippen molar-refractivity contribution in [1.82, 2.24) is 10.2 Å². The van der Waals surface area contributed by atoms with E-state index in [0.29, 0.717) is 0 Å². The van der Waals surface area contributed by atoms with E-state index < -0.39 is 23.4 Å². The van der Waals surface area contributed by atoms with Gasteiger partial charge in [0, 0.05) is 7.05 Å². The van der Waals surface area contributed by atoms with E-state index in [0.717, 1.165) is 6.07 Å². The van der Waals surface area contributed by atoms with Crippen molar-refractivity contribution in [2.75, 3.05) is 26.7 Å². The molecule has 0 aliphatic rings. The van der Waals surface area contributed by atoms with Gasteiger partial charge in [0.05, 0.1) is 24.3 Å². The quantitative estimate of drug-likeness (QED) is 0.786. The van der Waals surface area contributed by atoms with E-state index in [-0.39, 0.29) is 25.4 Å². The lowest BCUT2D eigenvalue weighted by atomic mass is 10.1. The Morgan fingerprint density at radius 1 is 1.30 bits per heavy atom. The zero-order valence-corrected chi connectivity index (χ0v) is 13.3. The molecule has 2 N–H and O–H groups in total. The van der Waals surface area contributed by atoms with Crippen LogP contribution in [0.25, 0.3) is 0 Å². The number of hydrogen-bond acceptors (Lipinski definition) is 3. The smallest absolute Gasteiger partial charge is 0.419 e. The fraction of sp³-hybridized carbons (Fsp3) is 0.533. The topological polar surface area (TPSA) is 61.8 Å². The van der Waals surface area contributed by atoms with Crippen molar-refractivity contribution in [1.29, 1.82) is 0 Å². The number of carbonyl (C=O) groups is 1. The SMILES string of the molecule is CN(CC(C)(C)O)C(=O)NCCOc1ccccc1C(F)(F)F. The van der Waals surface area contributed by atoms with Gasteiger partial charge in [-0.05, 0) is 26.0 Å². The molecule has 0 heterocycles. The second-order valence-corrected chi connectivity index (χ2v) is 5.74. The maximum absolute atomic E-state index is 12.8. The van der Waals surface area contributed by atoms with Gasteiger partial charge in [-0.3, -0.25) is 0 Å². The third-order valence-corrected chi connectivity index (χ3v) is 2.80. The van der Waals surface area contributed by atoms with Gasteiger partial charge in [0.25, 0.3) is 0 Å². The van der Waals surface area contributed by atoms with Gasteiger partial charge in [0.15, 0.2) is 0 Å². The summed E-state index contributed by atoms with van der Waals surface area (Å²) in [6, 6.07) is 4.44. The van der Waals surface area contributed by atoms with Crippen molar-refractivity contribution in [3.05, 3.63) is 29.8 Å². The molecule has 2 amide bonds. The van der Waals surface area contributed by atoms with Gasteiger partial charge >= 0.3 is 12.2 Å². The van der Waals surface area contributed by atoms with E-state index in [1.54, 1.807) is 13.8 Å². The highest BCUT2D eigenvalue weighted by molar-refractivity contribution is 5.73. The highest BCUT2D eigenvalue weighted by atomic mass is 19.4. The molecular weight excluding hydrogens is 313 g/mol. The molecule has 0 spiro atoms. The largest absolute Gasteiger partial charge is 0.491 e. The summed E-state index contributed by atoms with van der Waals surface area (Å²) >= 11 is 0. The molecule has 0 saturated heterocycles. The van der Waals surface area contributed by atoms with Gasteiger partial charge in [0.2, 0.25) is 0 Å². The summed E-state index contributed by atoms with van der Waals surface area (Å²) in [7, 11) is 1.51. The minimum atomic E-state index is -4.49. The summed E-state index contributed by atoms with van der Waals surface area (Å²) in [5, 5.41) is 12.1. The molecule has 0 aromatic heterocycles. The van der Waals surface area contributed by atoms with Crippen LogP contribution in [0.2, 0.25) is 0 Å². The normalized spacial score (nSPS) is 12.0. The van der Waals surface area contributed by atoms with Crippen molar-refractivity contribution in [3.8, 4) is 5.75 Å². The van der Waals surface area contributed by atoms with E-state index in [1.807, 2.05) is 0 Å². The summed E-state index contributed by atoms with van der Waals surface area (Å²) in [6.07, 6.45) is -4.49. The van der Waals surface area contributed by atoms with E-state index in [1.165, 1.54) is 30.1 Å². The summed E-state index contributed by atoms with van der Waals surface area (Å²) in [4.78, 5) is 13.0. The molecule has 23 heavy (non-hydrogen) atoms. The van der Waals surface area contributed by atoms with Gasteiger partial charge in [-0.25, -0.2) is 4.79 Å². The van der Waals surface area contributed by atoms with E-state index in [2.05, 4.69) is 5.32 Å². The van der Waals surface area contributed by atoms with Crippen LogP contribution in [0.5, 0.6) is 5.75 Å². The maximum Gasteiger partial charge on any atom is 0.419 e. The average molecular weight is 334 g/mol. The predicted molar refractivity (Wildman–Crippen MR) is 79.3 cm³/mol. The van der Waals surface area contributed by atoms with Crippen molar-refractivity contribution in [2.24, 2.45) is 0 Å². The minimum Gasteiger partial charge on any atom is -0.491 e. The highest BCUT2D eigenvalue weighted by Gasteiger charge is 2.33. The van der Waals surface area contributed by atoms with Crippen LogP contribution in [0, 0.1) is 0 Å². The Balaban J connectivity index is 2.46. The molecule has 0 aliphatic heterocycles. The van der Waals surface area contributed by atoms with E-state index >= 15 is 0 Å². The number of alkyl halides is 3. The van der Waals surface area contributed by atoms with Crippen molar-refractivity contribution < 1.29 is 27.8 Å². The van der Waals surface area contributed by atoms with Gasteiger partial charge in [-0.15, -0.1) is 0 Å². The summed E-state index contributed by atoms with van der Waals surface area (Å²) in [5.74, 6) is -0.279. The van der Waals surface area contributed by atoms with Crippen molar-refractivity contribution in [2.45, 2.75) is 25.6 Å². The predicted octanol–water partition coefficient (Wildman–Crippen LogP) is 2.50. The molecule has 5 nitrogen and oxygen atoms in total. The fourth-order valence-corrected chi connectivity index (χ4v) is 1.93. The number of urea groups is 1. The minimum absolute atomic E-state index is 0.0429. The molecular formula is C15H21F3N2O3. The Kier molecular flexibility index (Phi) is 6.26. The number of aliphatic hydroxyl groups is 1. The summed E-state index contributed by atoms with van der Waals surface area (Å²) < 4.78 is 43.4. The average Bonchev–Trinajstić information content (AvgIpc) is 2.40. The molecule has 0 radical (unpaired) electrons. The Labute approximate surface area is 133 Å². The van der Waals surface area contributed by atoms with Crippen LogP contribution in [-0.4, -0.2) is 48.4 Å². The van der Waals surface area contributed by atoms with Gasteiger partial charge < -0.3 is 20.1 Å². The number of nitrogens with one attached hydrogen (secondary N) is 1. The lowest BCUT2D eigenvalue weighted by molar-refractivity contribution is -0.138. The first kappa shape index (κ1) is 19.1. The second kappa shape index (κ2) is 7.54. The Bertz CT molecular complexity index is 527. The maximum atomic E-state index is 12.8. The van der Waals surface area contributed by atoms with E-state index in [9.17, 15) is 23.1 Å². The molecule has 130 valence electrons. The summed E-state index contributed by atoms with van der Waals surface area (Å²) in [6.45, 7) is 3.19. The Morgan fingerprint density at radius 3 is 2.48 bits per heavy atom. The number of nitrogens with zero attached hydrogens (tertiary/aromatic N) is 1. The second-order valence-electron chi connectivity index (χ2n) is 5.74. The first-order valence-electron chi connectivity index (χ1n) is 7.01. The summed E-state index contributed by atoms with van der Waals surface area (Å²) in [5.41, 5.74) is -1.89. The molecule has 0 bridgehead atoms. The van der Waals surface area contributed by atoms with Crippen LogP contribution in [0.4, 0.5) is 18.0 Å². The number of rotatable bonds is 6. The third-order valence-electron chi connectivity index (χ3n) is 2.80. The standard InChI is InChI=1S/C15H21F3N2O3/c1-14(2,22)10-20(3)13(21)19-8-9-23-12-7-5-4-6-11(12)15(16,17)18/h4-7,22H,8-10H2,1-3H3,(H,19,21). The molecule has 1 rings (SSSR count). The number of amides is 2. The van der Waals surface area contributed by atoms with Crippen LogP contribution in [0.15, 0.2) is 24.3 Å². The van der Waals surface area contributed by atoms with Gasteiger partial charge in [-0.2, -0.15) is 13.2 Å². The van der Waals surface area contributed by atoms with Crippen LogP contribution < -0.4 is 10.1 Å². The molecule has 0 aliphatic carbocycles. The number of ether oxygens (including phenoxy) is 1. The van der Waals surface area contributed by atoms with Crippen LogP contribution >= 0.6 is 0 Å². The first-order valence-corrected chi connectivity index (χ1v) is 7.01.